The number of fused-ring (bicyclic) bond motifs is 2. The maximum absolute atomic E-state index is 5.22. The van der Waals surface area contributed by atoms with Crippen LogP contribution >= 0.6 is 0 Å². The predicted octanol–water partition coefficient (Wildman–Crippen LogP) is 7.61. The minimum Gasteiger partial charge on any atom is -0.497 e. The molecule has 2 saturated heterocycles. The molecule has 8 nitrogen and oxygen atoms in total. The summed E-state index contributed by atoms with van der Waals surface area (Å²) in [6.07, 6.45) is 14.9. The molecule has 0 atom stereocenters. The van der Waals surface area contributed by atoms with E-state index in [4.69, 9.17) is 19.4 Å². The van der Waals surface area contributed by atoms with Crippen LogP contribution in [0.3, 0.4) is 0 Å². The molecule has 2 aliphatic rings. The third kappa shape index (κ3) is 6.32. The van der Waals surface area contributed by atoms with Crippen LogP contribution in [0.4, 0.5) is 11.4 Å². The van der Waals surface area contributed by atoms with Crippen molar-refractivity contribution in [2.45, 2.75) is 32.1 Å². The quantitative estimate of drug-likeness (QED) is 0.196. The van der Waals surface area contributed by atoms with E-state index in [-0.39, 0.29) is 0 Å². The maximum Gasteiger partial charge on any atom is 0.139 e. The van der Waals surface area contributed by atoms with Crippen LogP contribution in [0, 0.1) is 0 Å². The molecule has 0 spiro atoms. The van der Waals surface area contributed by atoms with Gasteiger partial charge in [0.05, 0.1) is 25.6 Å². The Kier molecular flexibility index (Phi) is 8.27. The maximum atomic E-state index is 5.22. The summed E-state index contributed by atoms with van der Waals surface area (Å²) in [5, 5.41) is 0. The molecule has 0 unspecified atom stereocenters. The number of anilines is 2. The number of nitrogens with zero attached hydrogens (tertiary/aromatic N) is 6. The summed E-state index contributed by atoms with van der Waals surface area (Å²) in [6, 6.07) is 24.8. The molecule has 0 saturated carbocycles. The zero-order chi connectivity index (χ0) is 30.6. The van der Waals surface area contributed by atoms with E-state index < -0.39 is 0 Å². The molecule has 0 bridgehead atoms. The van der Waals surface area contributed by atoms with Crippen LogP contribution in [0.15, 0.2) is 97.6 Å². The number of piperidine rings is 1. The molecule has 8 heteroatoms. The molecule has 0 amide bonds. The van der Waals surface area contributed by atoms with Gasteiger partial charge in [-0.2, -0.15) is 0 Å². The number of imidazole rings is 2. The van der Waals surface area contributed by atoms with Crippen LogP contribution < -0.4 is 19.3 Å². The summed E-state index contributed by atoms with van der Waals surface area (Å²) in [5.74, 6) is 1.73. The number of hydrogen-bond donors (Lipinski definition) is 0. The van der Waals surface area contributed by atoms with E-state index in [1.165, 1.54) is 43.5 Å². The Labute approximate surface area is 264 Å². The van der Waals surface area contributed by atoms with E-state index in [9.17, 15) is 0 Å². The van der Waals surface area contributed by atoms with Crippen LogP contribution in [0.5, 0.6) is 11.5 Å². The number of pyridine rings is 2. The highest BCUT2D eigenvalue weighted by Crippen LogP contribution is 2.27. The molecule has 230 valence electrons. The first-order chi connectivity index (χ1) is 22.2. The van der Waals surface area contributed by atoms with Crippen LogP contribution in [0.25, 0.3) is 33.8 Å². The monoisotopic (exact) mass is 600 g/mol. The summed E-state index contributed by atoms with van der Waals surface area (Å²) in [4.78, 5) is 14.5. The SMILES string of the molecule is COc1ccc(-c2cn3ccc(N4CCCC4)cc3n2)cc1.COc1ccc(-c2cn3ccc(N4CCCCC4)cc3n2)cc1. The molecular formula is C37H40N6O2. The van der Waals surface area contributed by atoms with E-state index in [1.807, 2.05) is 48.5 Å². The van der Waals surface area contributed by atoms with Gasteiger partial charge < -0.3 is 28.1 Å². The summed E-state index contributed by atoms with van der Waals surface area (Å²) >= 11 is 0. The van der Waals surface area contributed by atoms with Gasteiger partial charge in [-0.1, -0.05) is 0 Å². The van der Waals surface area contributed by atoms with Gasteiger partial charge in [0.15, 0.2) is 0 Å². The lowest BCUT2D eigenvalue weighted by Crippen LogP contribution is -2.29. The third-order valence-electron chi connectivity index (χ3n) is 8.85. The topological polar surface area (TPSA) is 59.5 Å². The van der Waals surface area contributed by atoms with Crippen molar-refractivity contribution < 1.29 is 9.47 Å². The Morgan fingerprint density at radius 3 is 1.31 bits per heavy atom. The average Bonchev–Trinajstić information content (AvgIpc) is 3.89. The first-order valence-corrected chi connectivity index (χ1v) is 15.9. The molecule has 2 fully saturated rings. The lowest BCUT2D eigenvalue weighted by atomic mass is 10.1. The van der Waals surface area contributed by atoms with E-state index >= 15 is 0 Å². The number of ether oxygens (including phenoxy) is 2. The minimum atomic E-state index is 0.865. The van der Waals surface area contributed by atoms with Gasteiger partial charge in [-0.3, -0.25) is 0 Å². The van der Waals surface area contributed by atoms with Gasteiger partial charge in [-0.15, -0.1) is 0 Å². The molecular weight excluding hydrogens is 560 g/mol. The fraction of sp³-hybridized carbons (Fsp3) is 0.297. The van der Waals surface area contributed by atoms with Crippen LogP contribution in [-0.2, 0) is 0 Å². The molecule has 0 aliphatic carbocycles. The Bertz CT molecular complexity index is 1860. The minimum absolute atomic E-state index is 0.865. The van der Waals surface area contributed by atoms with Gasteiger partial charge >= 0.3 is 0 Å². The smallest absolute Gasteiger partial charge is 0.139 e. The molecule has 0 radical (unpaired) electrons. The molecule has 6 heterocycles. The molecule has 2 aromatic carbocycles. The first-order valence-electron chi connectivity index (χ1n) is 15.9. The summed E-state index contributed by atoms with van der Waals surface area (Å²) in [6.45, 7) is 4.62. The van der Waals surface area contributed by atoms with Gasteiger partial charge in [0.25, 0.3) is 0 Å². The second-order valence-electron chi connectivity index (χ2n) is 11.8. The number of methoxy groups -OCH3 is 2. The second-order valence-corrected chi connectivity index (χ2v) is 11.8. The molecule has 0 N–H and O–H groups in total. The highest BCUT2D eigenvalue weighted by molar-refractivity contribution is 5.67. The lowest BCUT2D eigenvalue weighted by molar-refractivity contribution is 0.415. The number of rotatable bonds is 6. The predicted molar refractivity (Wildman–Crippen MR) is 182 cm³/mol. The lowest BCUT2D eigenvalue weighted by Gasteiger charge is -2.28. The zero-order valence-corrected chi connectivity index (χ0v) is 26.1. The van der Waals surface area contributed by atoms with Crippen molar-refractivity contribution in [1.82, 2.24) is 18.8 Å². The van der Waals surface area contributed by atoms with Gasteiger partial charge in [-0.05, 0) is 92.8 Å². The Hall–Kier alpha value is -4.98. The van der Waals surface area contributed by atoms with Crippen LogP contribution in [0.2, 0.25) is 0 Å². The standard InChI is InChI=1S/C19H21N3O.C18H19N3O/c1-23-17-7-5-15(6-8-17)18-14-22-12-9-16(13-19(22)20-18)21-10-3-2-4-11-21;1-22-16-6-4-14(5-7-16)17-13-21-11-8-15(12-18(21)19-17)20-9-2-3-10-20/h5-9,12-14H,2-4,10-11H2,1H3;4-8,11-13H,2-3,9-10H2,1H3. The Balaban J connectivity index is 0.000000145. The fourth-order valence-corrected chi connectivity index (χ4v) is 6.26. The molecule has 45 heavy (non-hydrogen) atoms. The van der Waals surface area contributed by atoms with Crippen molar-refractivity contribution in [3.8, 4) is 34.0 Å². The first kappa shape index (κ1) is 28.8. The van der Waals surface area contributed by atoms with Crippen molar-refractivity contribution in [3.63, 3.8) is 0 Å². The Morgan fingerprint density at radius 1 is 0.511 bits per heavy atom. The second kappa shape index (κ2) is 12.9. The fourth-order valence-electron chi connectivity index (χ4n) is 6.26. The summed E-state index contributed by atoms with van der Waals surface area (Å²) in [7, 11) is 3.36. The van der Waals surface area contributed by atoms with Crippen molar-refractivity contribution in [2.75, 3.05) is 50.2 Å². The van der Waals surface area contributed by atoms with Gasteiger partial charge in [0, 0.05) is 85.6 Å². The molecule has 6 aromatic rings. The average molecular weight is 601 g/mol. The van der Waals surface area contributed by atoms with E-state index in [0.29, 0.717) is 0 Å². The van der Waals surface area contributed by atoms with Crippen LogP contribution in [0.1, 0.15) is 32.1 Å². The van der Waals surface area contributed by atoms with Crippen LogP contribution in [-0.4, -0.2) is 59.2 Å². The highest BCUT2D eigenvalue weighted by Gasteiger charge is 2.14. The summed E-state index contributed by atoms with van der Waals surface area (Å²) < 4.78 is 14.6. The van der Waals surface area contributed by atoms with Gasteiger partial charge in [-0.25, -0.2) is 9.97 Å². The van der Waals surface area contributed by atoms with Crippen molar-refractivity contribution in [3.05, 3.63) is 97.6 Å². The highest BCUT2D eigenvalue weighted by atomic mass is 16.5. The number of aromatic nitrogens is 4. The zero-order valence-electron chi connectivity index (χ0n) is 26.1. The largest absolute Gasteiger partial charge is 0.497 e. The van der Waals surface area contributed by atoms with E-state index in [0.717, 1.165) is 71.5 Å². The number of hydrogen-bond acceptors (Lipinski definition) is 6. The molecule has 4 aromatic heterocycles. The number of benzene rings is 2. The molecule has 2 aliphatic heterocycles. The van der Waals surface area contributed by atoms with Crippen molar-refractivity contribution >= 4 is 22.7 Å². The Morgan fingerprint density at radius 2 is 0.911 bits per heavy atom. The van der Waals surface area contributed by atoms with Gasteiger partial charge in [0.1, 0.15) is 22.8 Å². The van der Waals surface area contributed by atoms with Crippen molar-refractivity contribution in [2.24, 2.45) is 0 Å². The summed E-state index contributed by atoms with van der Waals surface area (Å²) in [5.41, 5.74) is 8.74. The normalized spacial score (nSPS) is 14.9. The van der Waals surface area contributed by atoms with E-state index in [2.05, 4.69) is 67.7 Å². The van der Waals surface area contributed by atoms with Gasteiger partial charge in [0.2, 0.25) is 0 Å². The third-order valence-corrected chi connectivity index (χ3v) is 8.85. The van der Waals surface area contributed by atoms with E-state index in [1.54, 1.807) is 14.2 Å². The molecule has 8 rings (SSSR count). The van der Waals surface area contributed by atoms with Crippen molar-refractivity contribution in [1.29, 1.82) is 0 Å².